The molecule has 0 spiro atoms. The second-order valence-corrected chi connectivity index (χ2v) is 7.15. The SMILES string of the molecule is Cc1cnc(CNS(=O)(=O)C(C)C(N)=S)s1. The van der Waals surface area contributed by atoms with Gasteiger partial charge < -0.3 is 5.73 Å². The summed E-state index contributed by atoms with van der Waals surface area (Å²) in [5.74, 6) is 0. The first-order valence-corrected chi connectivity index (χ1v) is 7.29. The summed E-state index contributed by atoms with van der Waals surface area (Å²) >= 11 is 6.09. The number of thiazole rings is 1. The van der Waals surface area contributed by atoms with E-state index in [2.05, 4.69) is 21.9 Å². The highest BCUT2D eigenvalue weighted by atomic mass is 32.2. The van der Waals surface area contributed by atoms with Crippen LogP contribution in [0, 0.1) is 6.92 Å². The zero-order valence-electron chi connectivity index (χ0n) is 8.93. The van der Waals surface area contributed by atoms with Gasteiger partial charge in [-0.1, -0.05) is 12.2 Å². The number of rotatable bonds is 5. The van der Waals surface area contributed by atoms with Crippen LogP contribution < -0.4 is 10.5 Å². The van der Waals surface area contributed by atoms with Crippen LogP contribution in [-0.4, -0.2) is 23.6 Å². The number of hydrogen-bond donors (Lipinski definition) is 2. The predicted octanol–water partition coefficient (Wildman–Crippen LogP) is 0.546. The van der Waals surface area contributed by atoms with Crippen molar-refractivity contribution in [3.63, 3.8) is 0 Å². The molecular formula is C8H13N3O2S3. The van der Waals surface area contributed by atoms with Crippen LogP contribution in [0.5, 0.6) is 0 Å². The maximum Gasteiger partial charge on any atom is 0.221 e. The first kappa shape index (κ1) is 13.5. The zero-order valence-corrected chi connectivity index (χ0v) is 11.4. The predicted molar refractivity (Wildman–Crippen MR) is 68.9 cm³/mol. The Labute approximate surface area is 104 Å². The normalized spacial score (nSPS) is 13.6. The summed E-state index contributed by atoms with van der Waals surface area (Å²) in [4.78, 5) is 5.05. The van der Waals surface area contributed by atoms with Crippen LogP contribution in [0.3, 0.4) is 0 Å². The van der Waals surface area contributed by atoms with Crippen LogP contribution in [0.25, 0.3) is 0 Å². The van der Waals surface area contributed by atoms with Gasteiger partial charge in [0.2, 0.25) is 10.0 Å². The van der Waals surface area contributed by atoms with E-state index in [0.29, 0.717) is 0 Å². The molecule has 3 N–H and O–H groups in total. The van der Waals surface area contributed by atoms with E-state index in [4.69, 9.17) is 5.73 Å². The summed E-state index contributed by atoms with van der Waals surface area (Å²) in [5.41, 5.74) is 5.29. The average molecular weight is 279 g/mol. The maximum atomic E-state index is 11.7. The number of hydrogen-bond acceptors (Lipinski definition) is 5. The lowest BCUT2D eigenvalue weighted by molar-refractivity contribution is 0.578. The first-order chi connectivity index (χ1) is 7.33. The smallest absolute Gasteiger partial charge is 0.221 e. The van der Waals surface area contributed by atoms with Crippen molar-refractivity contribution in [2.45, 2.75) is 25.6 Å². The molecule has 0 saturated carbocycles. The highest BCUT2D eigenvalue weighted by Gasteiger charge is 2.22. The van der Waals surface area contributed by atoms with Gasteiger partial charge in [0, 0.05) is 11.1 Å². The number of nitrogens with zero attached hydrogens (tertiary/aromatic N) is 1. The van der Waals surface area contributed by atoms with Gasteiger partial charge in [0.1, 0.15) is 10.3 Å². The largest absolute Gasteiger partial charge is 0.392 e. The minimum atomic E-state index is -3.50. The van der Waals surface area contributed by atoms with Crippen molar-refractivity contribution in [2.24, 2.45) is 5.73 Å². The molecule has 5 nitrogen and oxygen atoms in total. The van der Waals surface area contributed by atoms with E-state index in [1.54, 1.807) is 6.20 Å². The van der Waals surface area contributed by atoms with Crippen molar-refractivity contribution in [2.75, 3.05) is 0 Å². The van der Waals surface area contributed by atoms with E-state index < -0.39 is 15.3 Å². The van der Waals surface area contributed by atoms with Crippen molar-refractivity contribution in [3.05, 3.63) is 16.1 Å². The molecular weight excluding hydrogens is 266 g/mol. The number of aryl methyl sites for hydroxylation is 1. The molecule has 0 saturated heterocycles. The Morgan fingerprint density at radius 1 is 1.75 bits per heavy atom. The monoisotopic (exact) mass is 279 g/mol. The quantitative estimate of drug-likeness (QED) is 0.769. The fraction of sp³-hybridized carbons (Fsp3) is 0.500. The summed E-state index contributed by atoms with van der Waals surface area (Å²) in [6, 6.07) is 0. The molecule has 0 aliphatic heterocycles. The van der Waals surface area contributed by atoms with E-state index in [0.717, 1.165) is 9.88 Å². The molecule has 1 unspecified atom stereocenters. The molecule has 0 fully saturated rings. The Balaban J connectivity index is 2.65. The fourth-order valence-electron chi connectivity index (χ4n) is 0.923. The fourth-order valence-corrected chi connectivity index (χ4v) is 3.02. The Morgan fingerprint density at radius 2 is 2.38 bits per heavy atom. The van der Waals surface area contributed by atoms with Crippen LogP contribution in [0.1, 0.15) is 16.8 Å². The van der Waals surface area contributed by atoms with Gasteiger partial charge in [0.25, 0.3) is 0 Å². The van der Waals surface area contributed by atoms with E-state index in [1.165, 1.54) is 18.3 Å². The van der Waals surface area contributed by atoms with E-state index in [9.17, 15) is 8.42 Å². The summed E-state index contributed by atoms with van der Waals surface area (Å²) in [7, 11) is -3.50. The molecule has 90 valence electrons. The summed E-state index contributed by atoms with van der Waals surface area (Å²) in [6.45, 7) is 3.54. The molecule has 0 aromatic carbocycles. The van der Waals surface area contributed by atoms with Gasteiger partial charge in [0.15, 0.2) is 0 Å². The molecule has 0 aliphatic rings. The highest BCUT2D eigenvalue weighted by Crippen LogP contribution is 2.11. The van der Waals surface area contributed by atoms with Crippen LogP contribution in [0.2, 0.25) is 0 Å². The van der Waals surface area contributed by atoms with Gasteiger partial charge in [0.05, 0.1) is 11.5 Å². The van der Waals surface area contributed by atoms with Gasteiger partial charge in [-0.05, 0) is 13.8 Å². The minimum absolute atomic E-state index is 0.0391. The highest BCUT2D eigenvalue weighted by molar-refractivity contribution is 7.93. The molecule has 8 heteroatoms. The number of aromatic nitrogens is 1. The second kappa shape index (κ2) is 5.17. The van der Waals surface area contributed by atoms with E-state index in [1.807, 2.05) is 6.92 Å². The Bertz CT molecular complexity index is 480. The van der Waals surface area contributed by atoms with Crippen LogP contribution in [-0.2, 0) is 16.6 Å². The molecule has 0 aliphatic carbocycles. The standard InChI is InChI=1S/C8H13N3O2S3/c1-5-3-10-7(15-5)4-11-16(12,13)6(2)8(9)14/h3,6,11H,4H2,1-2H3,(H2,9,14). The molecule has 0 amide bonds. The van der Waals surface area contributed by atoms with Crippen molar-refractivity contribution >= 4 is 38.6 Å². The maximum absolute atomic E-state index is 11.7. The van der Waals surface area contributed by atoms with Crippen molar-refractivity contribution in [3.8, 4) is 0 Å². The Morgan fingerprint density at radius 3 is 2.81 bits per heavy atom. The molecule has 1 heterocycles. The lowest BCUT2D eigenvalue weighted by atomic mass is 10.5. The molecule has 1 atom stereocenters. The molecule has 1 aromatic heterocycles. The summed E-state index contributed by atoms with van der Waals surface area (Å²) in [5, 5.41) is -0.153. The zero-order chi connectivity index (χ0) is 12.3. The minimum Gasteiger partial charge on any atom is -0.392 e. The van der Waals surface area contributed by atoms with E-state index in [-0.39, 0.29) is 11.5 Å². The topological polar surface area (TPSA) is 85.1 Å². The van der Waals surface area contributed by atoms with Gasteiger partial charge >= 0.3 is 0 Å². The van der Waals surface area contributed by atoms with Crippen molar-refractivity contribution < 1.29 is 8.42 Å². The first-order valence-electron chi connectivity index (χ1n) is 4.52. The van der Waals surface area contributed by atoms with Crippen LogP contribution in [0.15, 0.2) is 6.20 Å². The number of sulfonamides is 1. The molecule has 1 aromatic rings. The lowest BCUT2D eigenvalue weighted by Gasteiger charge is -2.11. The second-order valence-electron chi connectivity index (χ2n) is 3.28. The third-order valence-corrected chi connectivity index (χ3v) is 5.11. The van der Waals surface area contributed by atoms with E-state index >= 15 is 0 Å². The van der Waals surface area contributed by atoms with Gasteiger partial charge in [-0.3, -0.25) is 0 Å². The molecule has 0 bridgehead atoms. The van der Waals surface area contributed by atoms with Gasteiger partial charge in [-0.15, -0.1) is 11.3 Å². The third kappa shape index (κ3) is 3.48. The van der Waals surface area contributed by atoms with Crippen LogP contribution in [0.4, 0.5) is 0 Å². The Kier molecular flexibility index (Phi) is 4.36. The third-order valence-electron chi connectivity index (χ3n) is 1.96. The number of nitrogens with two attached hydrogens (primary N) is 1. The molecule has 16 heavy (non-hydrogen) atoms. The van der Waals surface area contributed by atoms with Crippen molar-refractivity contribution in [1.82, 2.24) is 9.71 Å². The number of nitrogens with one attached hydrogen (secondary N) is 1. The lowest BCUT2D eigenvalue weighted by Crippen LogP contribution is -2.39. The summed E-state index contributed by atoms with van der Waals surface area (Å²) in [6.07, 6.45) is 1.70. The van der Waals surface area contributed by atoms with Gasteiger partial charge in [-0.2, -0.15) is 0 Å². The van der Waals surface area contributed by atoms with Crippen LogP contribution >= 0.6 is 23.6 Å². The summed E-state index contributed by atoms with van der Waals surface area (Å²) < 4.78 is 25.7. The molecule has 1 rings (SSSR count). The van der Waals surface area contributed by atoms with Gasteiger partial charge in [-0.25, -0.2) is 18.1 Å². The van der Waals surface area contributed by atoms with Crippen molar-refractivity contribution in [1.29, 1.82) is 0 Å². The number of thiocarbonyl (C=S) groups is 1. The Hall–Kier alpha value is -0.570. The average Bonchev–Trinajstić information content (AvgIpc) is 2.60. The molecule has 0 radical (unpaired) electrons.